The summed E-state index contributed by atoms with van der Waals surface area (Å²) in [5.74, 6) is 1.58. The molecule has 0 saturated carbocycles. The lowest BCUT2D eigenvalue weighted by Gasteiger charge is -2.11. The second kappa shape index (κ2) is 5.89. The summed E-state index contributed by atoms with van der Waals surface area (Å²) in [4.78, 5) is 0. The van der Waals surface area contributed by atoms with Crippen LogP contribution in [0.1, 0.15) is 18.1 Å². The number of hydrogen-bond acceptors (Lipinski definition) is 2. The summed E-state index contributed by atoms with van der Waals surface area (Å²) in [6.07, 6.45) is 0.988. The number of ether oxygens (including phenoxy) is 1. The molecular formula is C15H16ClNO. The van der Waals surface area contributed by atoms with Gasteiger partial charge in [0.05, 0.1) is 0 Å². The molecule has 0 heterocycles. The van der Waals surface area contributed by atoms with Crippen molar-refractivity contribution < 1.29 is 4.74 Å². The van der Waals surface area contributed by atoms with E-state index in [1.807, 2.05) is 30.3 Å². The van der Waals surface area contributed by atoms with E-state index in [-0.39, 0.29) is 0 Å². The van der Waals surface area contributed by atoms with Gasteiger partial charge in [-0.25, -0.2) is 0 Å². The molecule has 0 aliphatic rings. The van der Waals surface area contributed by atoms with E-state index in [4.69, 9.17) is 22.1 Å². The number of halogens is 1. The molecule has 18 heavy (non-hydrogen) atoms. The zero-order valence-electron chi connectivity index (χ0n) is 10.3. The van der Waals surface area contributed by atoms with E-state index in [2.05, 4.69) is 13.0 Å². The average molecular weight is 262 g/mol. The van der Waals surface area contributed by atoms with Gasteiger partial charge in [-0.15, -0.1) is 0 Å². The second-order valence-electron chi connectivity index (χ2n) is 4.06. The van der Waals surface area contributed by atoms with Crippen LogP contribution in [0.4, 0.5) is 0 Å². The van der Waals surface area contributed by atoms with Crippen molar-refractivity contribution >= 4 is 11.6 Å². The Morgan fingerprint density at radius 2 is 2.00 bits per heavy atom. The van der Waals surface area contributed by atoms with Crippen LogP contribution in [0.25, 0.3) is 0 Å². The minimum atomic E-state index is 0.406. The Kier molecular flexibility index (Phi) is 4.24. The molecule has 0 amide bonds. The maximum atomic E-state index is 5.94. The highest BCUT2D eigenvalue weighted by Gasteiger charge is 2.05. The molecule has 2 nitrogen and oxygen atoms in total. The second-order valence-corrected chi connectivity index (χ2v) is 4.50. The van der Waals surface area contributed by atoms with Gasteiger partial charge in [0.2, 0.25) is 0 Å². The van der Waals surface area contributed by atoms with Gasteiger partial charge in [0.1, 0.15) is 11.5 Å². The van der Waals surface area contributed by atoms with E-state index < -0.39 is 0 Å². The molecular weight excluding hydrogens is 246 g/mol. The Labute approximate surface area is 112 Å². The number of rotatable bonds is 4. The molecule has 2 rings (SSSR count). The third-order valence-corrected chi connectivity index (χ3v) is 3.01. The molecule has 0 unspecified atom stereocenters. The van der Waals surface area contributed by atoms with Gasteiger partial charge in [-0.05, 0) is 42.3 Å². The van der Waals surface area contributed by atoms with Gasteiger partial charge in [-0.2, -0.15) is 0 Å². The normalized spacial score (nSPS) is 10.4. The summed E-state index contributed by atoms with van der Waals surface area (Å²) in [6.45, 7) is 2.52. The first-order chi connectivity index (χ1) is 8.72. The zero-order valence-corrected chi connectivity index (χ0v) is 11.1. The average Bonchev–Trinajstić information content (AvgIpc) is 2.41. The number of nitrogens with two attached hydrogens (primary N) is 1. The van der Waals surface area contributed by atoms with E-state index in [0.717, 1.165) is 23.5 Å². The molecule has 0 bridgehead atoms. The minimum Gasteiger partial charge on any atom is -0.457 e. The lowest BCUT2D eigenvalue weighted by Crippen LogP contribution is -1.99. The van der Waals surface area contributed by atoms with Crippen LogP contribution in [0.2, 0.25) is 5.02 Å². The van der Waals surface area contributed by atoms with Crippen LogP contribution in [-0.4, -0.2) is 0 Å². The third-order valence-electron chi connectivity index (χ3n) is 2.78. The monoisotopic (exact) mass is 261 g/mol. The summed E-state index contributed by atoms with van der Waals surface area (Å²) in [5.41, 5.74) is 7.84. The SMILES string of the molecule is CCc1cccc(Oc2ccc(Cl)cc2CN)c1. The summed E-state index contributed by atoms with van der Waals surface area (Å²) in [6, 6.07) is 13.5. The largest absolute Gasteiger partial charge is 0.457 e. The number of benzene rings is 2. The Bertz CT molecular complexity index is 540. The molecule has 0 spiro atoms. The fraction of sp³-hybridized carbons (Fsp3) is 0.200. The van der Waals surface area contributed by atoms with Crippen LogP contribution in [0.3, 0.4) is 0 Å². The van der Waals surface area contributed by atoms with Gasteiger partial charge >= 0.3 is 0 Å². The van der Waals surface area contributed by atoms with Crippen LogP contribution < -0.4 is 10.5 Å². The zero-order chi connectivity index (χ0) is 13.0. The predicted molar refractivity (Wildman–Crippen MR) is 75.2 cm³/mol. The third kappa shape index (κ3) is 3.03. The molecule has 0 aliphatic carbocycles. The predicted octanol–water partition coefficient (Wildman–Crippen LogP) is 4.15. The van der Waals surface area contributed by atoms with Crippen LogP contribution in [-0.2, 0) is 13.0 Å². The van der Waals surface area contributed by atoms with Crippen molar-refractivity contribution in [3.05, 3.63) is 58.6 Å². The molecule has 0 fully saturated rings. The van der Waals surface area contributed by atoms with E-state index >= 15 is 0 Å². The molecule has 0 atom stereocenters. The first-order valence-corrected chi connectivity index (χ1v) is 6.36. The Balaban J connectivity index is 2.27. The lowest BCUT2D eigenvalue weighted by molar-refractivity contribution is 0.476. The van der Waals surface area contributed by atoms with Gasteiger partial charge in [0.15, 0.2) is 0 Å². The molecule has 94 valence electrons. The van der Waals surface area contributed by atoms with Crippen molar-refractivity contribution in [1.29, 1.82) is 0 Å². The number of aryl methyl sites for hydroxylation is 1. The van der Waals surface area contributed by atoms with E-state index in [1.165, 1.54) is 5.56 Å². The van der Waals surface area contributed by atoms with Gasteiger partial charge < -0.3 is 10.5 Å². The van der Waals surface area contributed by atoms with Crippen molar-refractivity contribution in [2.75, 3.05) is 0 Å². The maximum absolute atomic E-state index is 5.94. The number of hydrogen-bond donors (Lipinski definition) is 1. The fourth-order valence-electron chi connectivity index (χ4n) is 1.76. The van der Waals surface area contributed by atoms with Gasteiger partial charge in [0.25, 0.3) is 0 Å². The summed E-state index contributed by atoms with van der Waals surface area (Å²) in [7, 11) is 0. The first-order valence-electron chi connectivity index (χ1n) is 5.98. The van der Waals surface area contributed by atoms with Crippen LogP contribution in [0.15, 0.2) is 42.5 Å². The highest BCUT2D eigenvalue weighted by atomic mass is 35.5. The van der Waals surface area contributed by atoms with Crippen molar-refractivity contribution in [2.45, 2.75) is 19.9 Å². The van der Waals surface area contributed by atoms with Crippen molar-refractivity contribution in [2.24, 2.45) is 5.73 Å². The minimum absolute atomic E-state index is 0.406. The Morgan fingerprint density at radius 1 is 1.17 bits per heavy atom. The highest BCUT2D eigenvalue weighted by Crippen LogP contribution is 2.28. The highest BCUT2D eigenvalue weighted by molar-refractivity contribution is 6.30. The fourth-order valence-corrected chi connectivity index (χ4v) is 1.96. The molecule has 3 heteroatoms. The quantitative estimate of drug-likeness (QED) is 0.897. The lowest BCUT2D eigenvalue weighted by atomic mass is 10.1. The van der Waals surface area contributed by atoms with E-state index in [1.54, 1.807) is 6.07 Å². The molecule has 2 aromatic carbocycles. The molecule has 0 aliphatic heterocycles. The van der Waals surface area contributed by atoms with Gasteiger partial charge in [-0.1, -0.05) is 30.7 Å². The van der Waals surface area contributed by atoms with Crippen LogP contribution in [0.5, 0.6) is 11.5 Å². The molecule has 0 saturated heterocycles. The van der Waals surface area contributed by atoms with Gasteiger partial charge in [0, 0.05) is 17.1 Å². The topological polar surface area (TPSA) is 35.2 Å². The standard InChI is InChI=1S/C15H16ClNO/c1-2-11-4-3-5-14(8-11)18-15-7-6-13(16)9-12(15)10-17/h3-9H,2,10,17H2,1H3. The van der Waals surface area contributed by atoms with Crippen molar-refractivity contribution in [3.8, 4) is 11.5 Å². The van der Waals surface area contributed by atoms with Crippen molar-refractivity contribution in [1.82, 2.24) is 0 Å². The Hall–Kier alpha value is -1.51. The maximum Gasteiger partial charge on any atom is 0.132 e. The molecule has 2 aromatic rings. The van der Waals surface area contributed by atoms with Crippen LogP contribution >= 0.6 is 11.6 Å². The summed E-state index contributed by atoms with van der Waals surface area (Å²) in [5, 5.41) is 0.671. The molecule has 0 aromatic heterocycles. The summed E-state index contributed by atoms with van der Waals surface area (Å²) >= 11 is 5.94. The first kappa shape index (κ1) is 12.9. The molecule has 2 N–H and O–H groups in total. The van der Waals surface area contributed by atoms with Crippen molar-refractivity contribution in [3.63, 3.8) is 0 Å². The van der Waals surface area contributed by atoms with E-state index in [0.29, 0.717) is 11.6 Å². The summed E-state index contributed by atoms with van der Waals surface area (Å²) < 4.78 is 5.86. The van der Waals surface area contributed by atoms with Gasteiger partial charge in [-0.3, -0.25) is 0 Å². The van der Waals surface area contributed by atoms with Crippen LogP contribution in [0, 0.1) is 0 Å². The molecule has 0 radical (unpaired) electrons. The Morgan fingerprint density at radius 3 is 2.72 bits per heavy atom. The smallest absolute Gasteiger partial charge is 0.132 e. The van der Waals surface area contributed by atoms with E-state index in [9.17, 15) is 0 Å².